The van der Waals surface area contributed by atoms with Gasteiger partial charge in [0.2, 0.25) is 5.91 Å². The van der Waals surface area contributed by atoms with Crippen LogP contribution in [0.15, 0.2) is 28.4 Å². The molecule has 0 aliphatic carbocycles. The minimum Gasteiger partial charge on any atom is -0.343 e. The molecule has 8 heteroatoms. The average Bonchev–Trinajstić information content (AvgIpc) is 3.54. The number of amides is 1. The molecule has 31 heavy (non-hydrogen) atoms. The van der Waals surface area contributed by atoms with E-state index in [0.717, 1.165) is 63.3 Å². The lowest BCUT2D eigenvalue weighted by Crippen LogP contribution is -2.29. The quantitative estimate of drug-likeness (QED) is 0.640. The third-order valence-corrected chi connectivity index (χ3v) is 7.51. The van der Waals surface area contributed by atoms with Crippen LogP contribution in [0.4, 0.5) is 0 Å². The van der Waals surface area contributed by atoms with E-state index in [-0.39, 0.29) is 17.5 Å². The molecule has 0 unspecified atom stereocenters. The summed E-state index contributed by atoms with van der Waals surface area (Å²) in [7, 11) is 0. The molecule has 1 atom stereocenters. The molecule has 0 saturated carbocycles. The highest BCUT2D eigenvalue weighted by Gasteiger charge is 2.28. The summed E-state index contributed by atoms with van der Waals surface area (Å²) in [5.74, 6) is 0.142. The molecule has 0 aromatic carbocycles. The molecule has 2 aliphatic rings. The van der Waals surface area contributed by atoms with Crippen LogP contribution in [0.1, 0.15) is 60.0 Å². The van der Waals surface area contributed by atoms with Crippen molar-refractivity contribution in [1.29, 1.82) is 0 Å². The summed E-state index contributed by atoms with van der Waals surface area (Å²) in [5, 5.41) is 5.45. The maximum Gasteiger partial charge on any atom is 0.276 e. The van der Waals surface area contributed by atoms with Crippen molar-refractivity contribution in [2.24, 2.45) is 0 Å². The monoisotopic (exact) mass is 439 g/mol. The smallest absolute Gasteiger partial charge is 0.276 e. The number of carbonyl (C=O) groups is 1. The Kier molecular flexibility index (Phi) is 5.67. The number of hydrogen-bond acceptors (Lipinski definition) is 5. The Labute approximate surface area is 185 Å². The van der Waals surface area contributed by atoms with Gasteiger partial charge < -0.3 is 4.90 Å². The number of nitrogens with zero attached hydrogens (tertiary/aromatic N) is 4. The number of likely N-dealkylation sites (tertiary alicyclic amines) is 2. The molecule has 7 nitrogen and oxygen atoms in total. The molecule has 5 rings (SSSR count). The van der Waals surface area contributed by atoms with Gasteiger partial charge in [-0.3, -0.25) is 19.6 Å². The highest BCUT2D eigenvalue weighted by atomic mass is 32.1. The van der Waals surface area contributed by atoms with Gasteiger partial charge in [0, 0.05) is 48.3 Å². The third-order valence-electron chi connectivity index (χ3n) is 6.64. The second-order valence-electron chi connectivity index (χ2n) is 8.68. The van der Waals surface area contributed by atoms with Crippen molar-refractivity contribution < 1.29 is 4.79 Å². The van der Waals surface area contributed by atoms with Crippen LogP contribution in [0.25, 0.3) is 5.65 Å². The molecule has 0 radical (unpaired) electrons. The molecule has 0 spiro atoms. The van der Waals surface area contributed by atoms with Gasteiger partial charge in [-0.25, -0.2) is 9.50 Å². The van der Waals surface area contributed by atoms with E-state index in [1.165, 1.54) is 4.88 Å². The maximum absolute atomic E-state index is 13.2. The number of fused-ring (bicyclic) bond motifs is 1. The molecule has 164 valence electrons. The van der Waals surface area contributed by atoms with E-state index >= 15 is 0 Å². The zero-order chi connectivity index (χ0) is 21.4. The second-order valence-corrected chi connectivity index (χ2v) is 9.71. The van der Waals surface area contributed by atoms with Crippen LogP contribution < -0.4 is 5.56 Å². The van der Waals surface area contributed by atoms with Crippen LogP contribution in [0.3, 0.4) is 0 Å². The summed E-state index contributed by atoms with van der Waals surface area (Å²) in [6.45, 7) is 5.56. The van der Waals surface area contributed by atoms with Crippen LogP contribution in [0, 0.1) is 6.92 Å². The van der Waals surface area contributed by atoms with Crippen molar-refractivity contribution in [3.63, 3.8) is 0 Å². The van der Waals surface area contributed by atoms with Gasteiger partial charge in [-0.05, 0) is 57.0 Å². The summed E-state index contributed by atoms with van der Waals surface area (Å²) in [6.07, 6.45) is 5.19. The minimum atomic E-state index is -0.0780. The Morgan fingerprint density at radius 2 is 2.10 bits per heavy atom. The number of hydrogen-bond donors (Lipinski definition) is 1. The maximum atomic E-state index is 13.2. The van der Waals surface area contributed by atoms with E-state index in [4.69, 9.17) is 4.98 Å². The van der Waals surface area contributed by atoms with E-state index in [9.17, 15) is 9.59 Å². The topological polar surface area (TPSA) is 73.7 Å². The first-order valence-corrected chi connectivity index (χ1v) is 12.1. The average molecular weight is 440 g/mol. The number of thiophene rings is 1. The SMILES string of the molecule is Cc1nc2cc([C@@H]3CCCN3Cc3cccs3)[nH]n2c(=O)c1CCC(=O)N1CCCC1. The molecule has 3 aromatic rings. The van der Waals surface area contributed by atoms with Crippen LogP contribution in [0.5, 0.6) is 0 Å². The Morgan fingerprint density at radius 1 is 1.26 bits per heavy atom. The van der Waals surface area contributed by atoms with Gasteiger partial charge in [-0.1, -0.05) is 6.07 Å². The van der Waals surface area contributed by atoms with Crippen LogP contribution in [-0.2, 0) is 17.8 Å². The highest BCUT2D eigenvalue weighted by Crippen LogP contribution is 2.33. The molecule has 1 N–H and O–H groups in total. The van der Waals surface area contributed by atoms with Gasteiger partial charge in [0.1, 0.15) is 0 Å². The molecule has 3 aromatic heterocycles. The van der Waals surface area contributed by atoms with Gasteiger partial charge in [-0.2, -0.15) is 0 Å². The first-order chi connectivity index (χ1) is 15.1. The van der Waals surface area contributed by atoms with Gasteiger partial charge in [0.25, 0.3) is 5.56 Å². The summed E-state index contributed by atoms with van der Waals surface area (Å²) in [4.78, 5) is 36.1. The summed E-state index contributed by atoms with van der Waals surface area (Å²) in [5.41, 5.74) is 3.00. The molecular formula is C23H29N5O2S. The molecule has 0 bridgehead atoms. The fraction of sp³-hybridized carbons (Fsp3) is 0.522. The highest BCUT2D eigenvalue weighted by molar-refractivity contribution is 7.09. The number of rotatable bonds is 6. The summed E-state index contributed by atoms with van der Waals surface area (Å²) in [6, 6.07) is 6.56. The van der Waals surface area contributed by atoms with Crippen molar-refractivity contribution in [2.75, 3.05) is 19.6 Å². The lowest BCUT2D eigenvalue weighted by atomic mass is 10.1. The van der Waals surface area contributed by atoms with Crippen molar-refractivity contribution in [2.45, 2.75) is 58.0 Å². The number of aromatic nitrogens is 3. The Balaban J connectivity index is 1.37. The number of H-pyrrole nitrogens is 1. The zero-order valence-corrected chi connectivity index (χ0v) is 18.8. The van der Waals surface area contributed by atoms with E-state index < -0.39 is 0 Å². The number of aromatic amines is 1. The van der Waals surface area contributed by atoms with Crippen molar-refractivity contribution in [3.05, 3.63) is 55.8 Å². The van der Waals surface area contributed by atoms with Crippen LogP contribution >= 0.6 is 11.3 Å². The lowest BCUT2D eigenvalue weighted by Gasteiger charge is -2.22. The molecule has 1 amide bonds. The molecule has 2 saturated heterocycles. The Morgan fingerprint density at radius 3 is 2.87 bits per heavy atom. The molecular weight excluding hydrogens is 410 g/mol. The molecule has 2 aliphatic heterocycles. The van der Waals surface area contributed by atoms with Gasteiger partial charge >= 0.3 is 0 Å². The fourth-order valence-electron chi connectivity index (χ4n) is 4.97. The first-order valence-electron chi connectivity index (χ1n) is 11.3. The Bertz CT molecular complexity index is 1130. The third kappa shape index (κ3) is 4.06. The normalized spacial score (nSPS) is 19.6. The van der Waals surface area contributed by atoms with E-state index in [1.54, 1.807) is 15.9 Å². The lowest BCUT2D eigenvalue weighted by molar-refractivity contribution is -0.130. The predicted octanol–water partition coefficient (Wildman–Crippen LogP) is 3.28. The van der Waals surface area contributed by atoms with Gasteiger partial charge in [-0.15, -0.1) is 11.3 Å². The van der Waals surface area contributed by atoms with E-state index in [0.29, 0.717) is 24.1 Å². The first kappa shape index (κ1) is 20.5. The largest absolute Gasteiger partial charge is 0.343 e. The summed E-state index contributed by atoms with van der Waals surface area (Å²) >= 11 is 1.78. The standard InChI is InChI=1S/C23H29N5O2S/c1-16-18(8-9-22(29)26-10-2-3-11-26)23(30)28-21(24-16)14-19(25-28)20-7-4-12-27(20)15-17-6-5-13-31-17/h5-6,13-14,20,25H,2-4,7-12,15H2,1H3/t20-/m0/s1. The minimum absolute atomic E-state index is 0.0780. The van der Waals surface area contributed by atoms with Crippen LogP contribution in [-0.4, -0.2) is 49.9 Å². The Hall–Kier alpha value is -2.45. The van der Waals surface area contributed by atoms with E-state index in [1.807, 2.05) is 17.9 Å². The second kappa shape index (κ2) is 8.59. The zero-order valence-electron chi connectivity index (χ0n) is 18.0. The fourth-order valence-corrected chi connectivity index (χ4v) is 5.70. The molecule has 5 heterocycles. The number of aryl methyl sites for hydroxylation is 1. The van der Waals surface area contributed by atoms with Gasteiger partial charge in [0.05, 0.1) is 11.7 Å². The van der Waals surface area contributed by atoms with Crippen LogP contribution in [0.2, 0.25) is 0 Å². The predicted molar refractivity (Wildman–Crippen MR) is 121 cm³/mol. The summed E-state index contributed by atoms with van der Waals surface area (Å²) < 4.78 is 1.57. The molecule has 2 fully saturated rings. The van der Waals surface area contributed by atoms with Crippen molar-refractivity contribution in [1.82, 2.24) is 24.4 Å². The number of nitrogens with one attached hydrogen (secondary N) is 1. The van der Waals surface area contributed by atoms with Gasteiger partial charge in [0.15, 0.2) is 5.65 Å². The van der Waals surface area contributed by atoms with E-state index in [2.05, 4.69) is 27.5 Å². The number of carbonyl (C=O) groups excluding carboxylic acids is 1. The van der Waals surface area contributed by atoms with Crippen molar-refractivity contribution in [3.8, 4) is 0 Å². The van der Waals surface area contributed by atoms with Crippen molar-refractivity contribution >= 4 is 22.9 Å².